The summed E-state index contributed by atoms with van der Waals surface area (Å²) in [5, 5.41) is 11.9. The number of aliphatic carboxylic acids is 1. The van der Waals surface area contributed by atoms with Gasteiger partial charge in [0.25, 0.3) is 0 Å². The summed E-state index contributed by atoms with van der Waals surface area (Å²) in [7, 11) is 0. The maximum atomic E-state index is 12.0. The van der Waals surface area contributed by atoms with Crippen molar-refractivity contribution in [1.82, 2.24) is 14.9 Å². The fourth-order valence-electron chi connectivity index (χ4n) is 2.19. The molecule has 2 rings (SSSR count). The van der Waals surface area contributed by atoms with Gasteiger partial charge >= 0.3 is 5.97 Å². The summed E-state index contributed by atoms with van der Waals surface area (Å²) in [5.74, 6) is -1.38. The van der Waals surface area contributed by atoms with Crippen LogP contribution < -0.4 is 5.32 Å². The van der Waals surface area contributed by atoms with E-state index in [2.05, 4.69) is 10.3 Å². The molecule has 1 fully saturated rings. The van der Waals surface area contributed by atoms with Gasteiger partial charge in [0, 0.05) is 25.0 Å². The van der Waals surface area contributed by atoms with Crippen molar-refractivity contribution in [3.05, 3.63) is 18.7 Å². The Hall–Kier alpha value is -1.85. The van der Waals surface area contributed by atoms with E-state index in [-0.39, 0.29) is 11.9 Å². The number of hydrogen-bond donors (Lipinski definition) is 2. The minimum absolute atomic E-state index is 0.122. The first kappa shape index (κ1) is 12.6. The molecular weight excluding hydrogens is 234 g/mol. The largest absolute Gasteiger partial charge is 0.480 e. The van der Waals surface area contributed by atoms with Gasteiger partial charge in [-0.3, -0.25) is 9.59 Å². The van der Waals surface area contributed by atoms with Crippen molar-refractivity contribution < 1.29 is 14.7 Å². The van der Waals surface area contributed by atoms with E-state index in [1.54, 1.807) is 18.7 Å². The van der Waals surface area contributed by atoms with Crippen molar-refractivity contribution in [2.24, 2.45) is 5.41 Å². The fraction of sp³-hybridized carbons (Fsp3) is 0.583. The topological polar surface area (TPSA) is 84.2 Å². The fourth-order valence-corrected chi connectivity index (χ4v) is 2.19. The Morgan fingerprint density at radius 3 is 2.72 bits per heavy atom. The Kier molecular flexibility index (Phi) is 3.36. The lowest BCUT2D eigenvalue weighted by Gasteiger charge is -2.36. The minimum atomic E-state index is -1.19. The smallest absolute Gasteiger partial charge is 0.319 e. The zero-order chi connectivity index (χ0) is 13.2. The molecule has 1 heterocycles. The SMILES string of the molecule is CC(Cn1ccnc1)NC(=O)C1(C(=O)O)CCC1. The molecule has 1 saturated carbocycles. The number of carbonyl (C=O) groups excluding carboxylic acids is 1. The number of carboxylic acid groups (broad SMARTS) is 1. The quantitative estimate of drug-likeness (QED) is 0.752. The van der Waals surface area contributed by atoms with E-state index in [9.17, 15) is 9.59 Å². The molecule has 0 saturated heterocycles. The first-order valence-electron chi connectivity index (χ1n) is 6.05. The van der Waals surface area contributed by atoms with E-state index in [1.807, 2.05) is 11.5 Å². The second-order valence-corrected chi connectivity index (χ2v) is 4.87. The van der Waals surface area contributed by atoms with Gasteiger partial charge < -0.3 is 15.0 Å². The molecule has 6 heteroatoms. The van der Waals surface area contributed by atoms with Crippen LogP contribution in [0.4, 0.5) is 0 Å². The molecule has 0 radical (unpaired) electrons. The third kappa shape index (κ3) is 2.23. The molecule has 18 heavy (non-hydrogen) atoms. The number of imidazole rings is 1. The predicted molar refractivity (Wildman–Crippen MR) is 63.8 cm³/mol. The molecule has 0 aromatic carbocycles. The number of nitrogens with one attached hydrogen (secondary N) is 1. The molecule has 1 atom stereocenters. The lowest BCUT2D eigenvalue weighted by atomic mass is 9.68. The Morgan fingerprint density at radius 1 is 1.56 bits per heavy atom. The summed E-state index contributed by atoms with van der Waals surface area (Å²) in [6.45, 7) is 2.44. The average molecular weight is 251 g/mol. The van der Waals surface area contributed by atoms with Gasteiger partial charge in [0.05, 0.1) is 6.33 Å². The molecule has 98 valence electrons. The van der Waals surface area contributed by atoms with Crippen molar-refractivity contribution in [2.45, 2.75) is 38.8 Å². The van der Waals surface area contributed by atoms with E-state index in [4.69, 9.17) is 5.11 Å². The molecule has 0 spiro atoms. The number of amides is 1. The molecule has 1 unspecified atom stereocenters. The maximum absolute atomic E-state index is 12.0. The molecular formula is C12H17N3O3. The van der Waals surface area contributed by atoms with Crippen molar-refractivity contribution in [2.75, 3.05) is 0 Å². The highest BCUT2D eigenvalue weighted by Gasteiger charge is 2.51. The summed E-state index contributed by atoms with van der Waals surface area (Å²) in [6.07, 6.45) is 6.81. The van der Waals surface area contributed by atoms with Gasteiger partial charge in [-0.2, -0.15) is 0 Å². The first-order valence-corrected chi connectivity index (χ1v) is 6.05. The van der Waals surface area contributed by atoms with Crippen LogP contribution in [0.3, 0.4) is 0 Å². The lowest BCUT2D eigenvalue weighted by Crippen LogP contribution is -2.53. The van der Waals surface area contributed by atoms with Gasteiger partial charge in [-0.25, -0.2) is 4.98 Å². The standard InChI is InChI=1S/C12H17N3O3/c1-9(7-15-6-5-13-8-15)14-10(16)12(11(17)18)3-2-4-12/h5-6,8-9H,2-4,7H2,1H3,(H,14,16)(H,17,18). The summed E-state index contributed by atoms with van der Waals surface area (Å²) in [5.41, 5.74) is -1.19. The van der Waals surface area contributed by atoms with Gasteiger partial charge in [0.15, 0.2) is 0 Å². The third-order valence-electron chi connectivity index (χ3n) is 3.47. The molecule has 1 amide bonds. The molecule has 0 bridgehead atoms. The number of aromatic nitrogens is 2. The summed E-state index contributed by atoms with van der Waals surface area (Å²) >= 11 is 0. The van der Waals surface area contributed by atoms with E-state index in [1.165, 1.54) is 0 Å². The van der Waals surface area contributed by atoms with Crippen molar-refractivity contribution in [3.8, 4) is 0 Å². The van der Waals surface area contributed by atoms with Crippen LogP contribution in [-0.4, -0.2) is 32.6 Å². The van der Waals surface area contributed by atoms with Gasteiger partial charge in [0.1, 0.15) is 5.41 Å². The highest BCUT2D eigenvalue weighted by molar-refractivity contribution is 6.02. The highest BCUT2D eigenvalue weighted by Crippen LogP contribution is 2.41. The van der Waals surface area contributed by atoms with Crippen LogP contribution in [0.2, 0.25) is 0 Å². The number of carboxylic acids is 1. The van der Waals surface area contributed by atoms with Crippen molar-refractivity contribution in [1.29, 1.82) is 0 Å². The zero-order valence-electron chi connectivity index (χ0n) is 10.3. The van der Waals surface area contributed by atoms with Crippen LogP contribution in [0, 0.1) is 5.41 Å². The monoisotopic (exact) mass is 251 g/mol. The average Bonchev–Trinajstić information content (AvgIpc) is 2.66. The minimum Gasteiger partial charge on any atom is -0.480 e. The number of nitrogens with zero attached hydrogens (tertiary/aromatic N) is 2. The van der Waals surface area contributed by atoms with Gasteiger partial charge in [0.2, 0.25) is 5.91 Å². The van der Waals surface area contributed by atoms with Crippen LogP contribution in [-0.2, 0) is 16.1 Å². The summed E-state index contributed by atoms with van der Waals surface area (Å²) in [4.78, 5) is 27.1. The Balaban J connectivity index is 1.92. The highest BCUT2D eigenvalue weighted by atomic mass is 16.4. The van der Waals surface area contributed by atoms with Crippen LogP contribution >= 0.6 is 0 Å². The van der Waals surface area contributed by atoms with Gasteiger partial charge in [-0.05, 0) is 19.8 Å². The van der Waals surface area contributed by atoms with Gasteiger partial charge in [-0.1, -0.05) is 6.42 Å². The Labute approximate surface area is 105 Å². The lowest BCUT2D eigenvalue weighted by molar-refractivity contribution is -0.162. The van der Waals surface area contributed by atoms with E-state index in [0.717, 1.165) is 6.42 Å². The molecule has 1 aliphatic rings. The van der Waals surface area contributed by atoms with Crippen molar-refractivity contribution in [3.63, 3.8) is 0 Å². The van der Waals surface area contributed by atoms with Crippen LogP contribution in [0.25, 0.3) is 0 Å². The predicted octanol–water partition coefficient (Wildman–Crippen LogP) is 0.643. The zero-order valence-corrected chi connectivity index (χ0v) is 10.3. The van der Waals surface area contributed by atoms with E-state index >= 15 is 0 Å². The second-order valence-electron chi connectivity index (χ2n) is 4.87. The van der Waals surface area contributed by atoms with Gasteiger partial charge in [-0.15, -0.1) is 0 Å². The first-order chi connectivity index (χ1) is 8.54. The molecule has 1 aromatic heterocycles. The Bertz CT molecular complexity index is 437. The summed E-state index contributed by atoms with van der Waals surface area (Å²) < 4.78 is 1.85. The number of hydrogen-bond acceptors (Lipinski definition) is 3. The molecule has 6 nitrogen and oxygen atoms in total. The summed E-state index contributed by atoms with van der Waals surface area (Å²) in [6, 6.07) is -0.122. The normalized spacial score (nSPS) is 18.7. The van der Waals surface area contributed by atoms with Crippen LogP contribution in [0.5, 0.6) is 0 Å². The molecule has 1 aromatic rings. The van der Waals surface area contributed by atoms with E-state index < -0.39 is 11.4 Å². The number of rotatable bonds is 5. The van der Waals surface area contributed by atoms with Crippen LogP contribution in [0.1, 0.15) is 26.2 Å². The van der Waals surface area contributed by atoms with E-state index in [0.29, 0.717) is 19.4 Å². The second kappa shape index (κ2) is 4.80. The molecule has 0 aliphatic heterocycles. The molecule has 2 N–H and O–H groups in total. The third-order valence-corrected chi connectivity index (χ3v) is 3.47. The van der Waals surface area contributed by atoms with Crippen LogP contribution in [0.15, 0.2) is 18.7 Å². The Morgan fingerprint density at radius 2 is 2.28 bits per heavy atom. The maximum Gasteiger partial charge on any atom is 0.319 e. The van der Waals surface area contributed by atoms with Crippen molar-refractivity contribution >= 4 is 11.9 Å². The molecule has 1 aliphatic carbocycles. The number of carbonyl (C=O) groups is 2.